The Morgan fingerprint density at radius 2 is 1.89 bits per heavy atom. The van der Waals surface area contributed by atoms with Crippen molar-refractivity contribution in [3.8, 4) is 0 Å². The predicted octanol–water partition coefficient (Wildman–Crippen LogP) is 4.12. The van der Waals surface area contributed by atoms with Crippen LogP contribution in [0.25, 0.3) is 0 Å². The molecule has 4 heteroatoms. The third-order valence-electron chi connectivity index (χ3n) is 8.12. The Kier molecular flexibility index (Phi) is 4.14. The van der Waals surface area contributed by atoms with Gasteiger partial charge in [0.2, 0.25) is 0 Å². The molecule has 1 aromatic carbocycles. The molecule has 0 bridgehead atoms. The van der Waals surface area contributed by atoms with Crippen molar-refractivity contribution in [1.82, 2.24) is 0 Å². The van der Waals surface area contributed by atoms with Crippen LogP contribution in [0.5, 0.6) is 0 Å². The molecular formula is C23H30O4. The number of ether oxygens (including phenoxy) is 3. The average molecular weight is 370 g/mol. The van der Waals surface area contributed by atoms with Crippen LogP contribution < -0.4 is 0 Å². The van der Waals surface area contributed by atoms with E-state index in [0.29, 0.717) is 18.3 Å². The Morgan fingerprint density at radius 1 is 1.07 bits per heavy atom. The lowest BCUT2D eigenvalue weighted by Crippen LogP contribution is -2.62. The second-order valence-corrected chi connectivity index (χ2v) is 9.57. The average Bonchev–Trinajstić information content (AvgIpc) is 3.05. The van der Waals surface area contributed by atoms with Crippen molar-refractivity contribution in [2.24, 2.45) is 22.7 Å². The molecule has 0 spiro atoms. The van der Waals surface area contributed by atoms with Gasteiger partial charge < -0.3 is 14.2 Å². The number of benzene rings is 1. The Morgan fingerprint density at radius 3 is 2.70 bits per heavy atom. The molecule has 0 unspecified atom stereocenters. The van der Waals surface area contributed by atoms with E-state index >= 15 is 0 Å². The largest absolute Gasteiger partial charge is 0.462 e. The van der Waals surface area contributed by atoms with Gasteiger partial charge in [-0.1, -0.05) is 44.2 Å². The summed E-state index contributed by atoms with van der Waals surface area (Å²) in [6, 6.07) is 10.4. The number of rotatable bonds is 2. The monoisotopic (exact) mass is 370 g/mol. The summed E-state index contributed by atoms with van der Waals surface area (Å²) in [5.41, 5.74) is 1.43. The summed E-state index contributed by atoms with van der Waals surface area (Å²) in [5, 5.41) is 0. The fraction of sp³-hybridized carbons (Fsp3) is 0.696. The topological polar surface area (TPSA) is 44.8 Å². The van der Waals surface area contributed by atoms with Crippen LogP contribution in [-0.4, -0.2) is 31.1 Å². The zero-order valence-electron chi connectivity index (χ0n) is 16.4. The second-order valence-electron chi connectivity index (χ2n) is 9.57. The van der Waals surface area contributed by atoms with E-state index in [9.17, 15) is 4.79 Å². The highest BCUT2D eigenvalue weighted by Crippen LogP contribution is 2.63. The van der Waals surface area contributed by atoms with Gasteiger partial charge in [0, 0.05) is 17.8 Å². The summed E-state index contributed by atoms with van der Waals surface area (Å²) in [5.74, 6) is 0.888. The van der Waals surface area contributed by atoms with Crippen LogP contribution in [-0.2, 0) is 25.4 Å². The first kappa shape index (κ1) is 17.7. The van der Waals surface area contributed by atoms with Gasteiger partial charge in [0.25, 0.3) is 0 Å². The molecule has 2 saturated heterocycles. The van der Waals surface area contributed by atoms with E-state index in [1.807, 2.05) is 6.07 Å². The lowest BCUT2D eigenvalue weighted by Gasteiger charge is -2.62. The summed E-state index contributed by atoms with van der Waals surface area (Å²) in [6.45, 7) is 5.51. The number of hydrogen-bond donors (Lipinski definition) is 0. The van der Waals surface area contributed by atoms with Gasteiger partial charge in [-0.2, -0.15) is 0 Å². The number of carbonyl (C=O) groups is 1. The minimum absolute atomic E-state index is 0.00165. The van der Waals surface area contributed by atoms with Crippen molar-refractivity contribution in [3.05, 3.63) is 35.9 Å². The first-order valence-electron chi connectivity index (χ1n) is 10.5. The van der Waals surface area contributed by atoms with Crippen LogP contribution >= 0.6 is 0 Å². The third-order valence-corrected chi connectivity index (χ3v) is 8.12. The molecular weight excluding hydrogens is 340 g/mol. The van der Waals surface area contributed by atoms with Crippen molar-refractivity contribution in [2.75, 3.05) is 6.61 Å². The highest BCUT2D eigenvalue weighted by Gasteiger charge is 2.63. The standard InChI is InChI=1S/C23H30O4/c1-22-11-10-19-23(2,18(22)9-8-17-16(22)13-20(24)26-17)14-25-21(27-19)12-15-6-4-3-5-7-15/h3-7,16-19,21H,8-14H2,1-2H3/t16-,17-,18-,19-,21-,22+,23-/m1/s1. The van der Waals surface area contributed by atoms with Crippen molar-refractivity contribution in [3.63, 3.8) is 0 Å². The van der Waals surface area contributed by atoms with E-state index in [2.05, 4.69) is 38.1 Å². The van der Waals surface area contributed by atoms with Crippen molar-refractivity contribution < 1.29 is 19.0 Å². The molecule has 0 amide bonds. The lowest BCUT2D eigenvalue weighted by atomic mass is 9.46. The van der Waals surface area contributed by atoms with Crippen LogP contribution in [0.2, 0.25) is 0 Å². The third kappa shape index (κ3) is 2.75. The summed E-state index contributed by atoms with van der Waals surface area (Å²) in [6.07, 6.45) is 5.90. The van der Waals surface area contributed by atoms with Gasteiger partial charge in [-0.25, -0.2) is 0 Å². The van der Waals surface area contributed by atoms with Gasteiger partial charge in [0.15, 0.2) is 6.29 Å². The van der Waals surface area contributed by atoms with E-state index in [0.717, 1.165) is 38.7 Å². The SMILES string of the molecule is C[C@@]12CC[C@H]3O[C@H](Cc4ccccc4)OC[C@]3(C)[C@@H]1CC[C@H]1OC(=O)C[C@H]12. The molecule has 2 heterocycles. The second kappa shape index (κ2) is 6.31. The van der Waals surface area contributed by atoms with Gasteiger partial charge in [0.05, 0.1) is 19.1 Å². The smallest absolute Gasteiger partial charge is 0.306 e. The molecule has 4 fully saturated rings. The molecule has 2 saturated carbocycles. The first-order chi connectivity index (χ1) is 13.0. The summed E-state index contributed by atoms with van der Waals surface area (Å²) in [4.78, 5) is 11.9. The van der Waals surface area contributed by atoms with Crippen molar-refractivity contribution in [1.29, 1.82) is 0 Å². The van der Waals surface area contributed by atoms with Crippen LogP contribution in [0.3, 0.4) is 0 Å². The van der Waals surface area contributed by atoms with Crippen molar-refractivity contribution in [2.45, 2.75) is 70.9 Å². The normalized spacial score (nSPS) is 46.1. The molecule has 27 heavy (non-hydrogen) atoms. The fourth-order valence-electron chi connectivity index (χ4n) is 6.71. The fourth-order valence-corrected chi connectivity index (χ4v) is 6.71. The number of esters is 1. The molecule has 5 rings (SSSR count). The molecule has 1 aromatic rings. The Balaban J connectivity index is 1.34. The van der Waals surface area contributed by atoms with Crippen LogP contribution in [0.1, 0.15) is 51.5 Å². The molecule has 4 aliphatic rings. The Labute approximate surface area is 161 Å². The number of carbonyl (C=O) groups excluding carboxylic acids is 1. The minimum Gasteiger partial charge on any atom is -0.462 e. The summed E-state index contributed by atoms with van der Waals surface area (Å²) in [7, 11) is 0. The van der Waals surface area contributed by atoms with E-state index in [1.54, 1.807) is 0 Å². The molecule has 2 aliphatic carbocycles. The van der Waals surface area contributed by atoms with Gasteiger partial charge in [-0.15, -0.1) is 0 Å². The van der Waals surface area contributed by atoms with E-state index in [-0.39, 0.29) is 35.3 Å². The summed E-state index contributed by atoms with van der Waals surface area (Å²) >= 11 is 0. The van der Waals surface area contributed by atoms with E-state index in [4.69, 9.17) is 14.2 Å². The van der Waals surface area contributed by atoms with Gasteiger partial charge in [0.1, 0.15) is 6.10 Å². The molecule has 146 valence electrons. The number of hydrogen-bond acceptors (Lipinski definition) is 4. The maximum atomic E-state index is 11.9. The van der Waals surface area contributed by atoms with Crippen molar-refractivity contribution >= 4 is 5.97 Å². The maximum absolute atomic E-state index is 11.9. The van der Waals surface area contributed by atoms with Crippen LogP contribution in [0.15, 0.2) is 30.3 Å². The molecule has 0 N–H and O–H groups in total. The van der Waals surface area contributed by atoms with Gasteiger partial charge >= 0.3 is 5.97 Å². The van der Waals surface area contributed by atoms with Crippen LogP contribution in [0, 0.1) is 22.7 Å². The Bertz CT molecular complexity index is 718. The van der Waals surface area contributed by atoms with E-state index < -0.39 is 0 Å². The molecule has 0 aromatic heterocycles. The molecule has 0 radical (unpaired) electrons. The maximum Gasteiger partial charge on any atom is 0.306 e. The quantitative estimate of drug-likeness (QED) is 0.735. The molecule has 7 atom stereocenters. The highest BCUT2D eigenvalue weighted by molar-refractivity contribution is 5.72. The number of fused-ring (bicyclic) bond motifs is 5. The van der Waals surface area contributed by atoms with Crippen LogP contribution in [0.4, 0.5) is 0 Å². The highest BCUT2D eigenvalue weighted by atomic mass is 16.7. The lowest BCUT2D eigenvalue weighted by molar-refractivity contribution is -0.306. The Hall–Kier alpha value is -1.39. The molecule has 2 aliphatic heterocycles. The first-order valence-corrected chi connectivity index (χ1v) is 10.5. The zero-order valence-corrected chi connectivity index (χ0v) is 16.4. The predicted molar refractivity (Wildman–Crippen MR) is 101 cm³/mol. The zero-order chi connectivity index (χ0) is 18.6. The van der Waals surface area contributed by atoms with E-state index in [1.165, 1.54) is 5.56 Å². The van der Waals surface area contributed by atoms with Gasteiger partial charge in [-0.3, -0.25) is 4.79 Å². The van der Waals surface area contributed by atoms with Gasteiger partial charge in [-0.05, 0) is 42.6 Å². The minimum atomic E-state index is -0.150. The molecule has 4 nitrogen and oxygen atoms in total. The summed E-state index contributed by atoms with van der Waals surface area (Å²) < 4.78 is 18.4.